The van der Waals surface area contributed by atoms with Gasteiger partial charge in [0, 0.05) is 45.3 Å². The molecule has 2 fully saturated rings. The lowest BCUT2D eigenvalue weighted by Gasteiger charge is -2.36. The van der Waals surface area contributed by atoms with Crippen LogP contribution in [0.25, 0.3) is 0 Å². The van der Waals surface area contributed by atoms with E-state index in [0.29, 0.717) is 45.0 Å². The number of carbonyl (C=O) groups excluding carboxylic acids is 2. The van der Waals surface area contributed by atoms with Crippen LogP contribution in [0.2, 0.25) is 0 Å². The van der Waals surface area contributed by atoms with E-state index >= 15 is 0 Å². The molecule has 1 saturated carbocycles. The molecule has 1 saturated heterocycles. The molecule has 0 radical (unpaired) electrons. The van der Waals surface area contributed by atoms with Crippen molar-refractivity contribution in [2.45, 2.75) is 52.2 Å². The zero-order valence-corrected chi connectivity index (χ0v) is 21.8. The van der Waals surface area contributed by atoms with Crippen LogP contribution in [0.15, 0.2) is 27.8 Å². The standard InChI is InChI=1S/C22H35N5O4.HI/c1-5-23-20(24-10-11-27(17-8-9-17)21(29)31-22(2,3)4)26-14-12-25(13-15-26)19(28)18-7-6-16-30-18;/h6-7,16-17H,5,8-15H2,1-4H3,(H,23,24);1H. The summed E-state index contributed by atoms with van der Waals surface area (Å²) < 4.78 is 10.8. The van der Waals surface area contributed by atoms with Crippen molar-refractivity contribution in [3.05, 3.63) is 24.2 Å². The zero-order chi connectivity index (χ0) is 22.4. The summed E-state index contributed by atoms with van der Waals surface area (Å²) in [6, 6.07) is 3.68. The molecule has 1 aliphatic heterocycles. The van der Waals surface area contributed by atoms with E-state index in [1.165, 1.54) is 6.26 Å². The summed E-state index contributed by atoms with van der Waals surface area (Å²) in [6.45, 7) is 12.1. The number of hydrogen-bond acceptors (Lipinski definition) is 5. The van der Waals surface area contributed by atoms with Crippen molar-refractivity contribution in [2.24, 2.45) is 4.99 Å². The monoisotopic (exact) mass is 561 g/mol. The van der Waals surface area contributed by atoms with Crippen LogP contribution >= 0.6 is 24.0 Å². The van der Waals surface area contributed by atoms with Gasteiger partial charge in [-0.05, 0) is 52.7 Å². The number of hydrogen-bond donors (Lipinski definition) is 1. The molecule has 0 unspecified atom stereocenters. The molecular weight excluding hydrogens is 525 g/mol. The second-order valence-electron chi connectivity index (χ2n) is 8.90. The van der Waals surface area contributed by atoms with Gasteiger partial charge in [0.25, 0.3) is 5.91 Å². The fraction of sp³-hybridized carbons (Fsp3) is 0.682. The number of rotatable bonds is 6. The van der Waals surface area contributed by atoms with Crippen LogP contribution in [0.1, 0.15) is 51.1 Å². The van der Waals surface area contributed by atoms with Gasteiger partial charge < -0.3 is 29.2 Å². The van der Waals surface area contributed by atoms with E-state index < -0.39 is 5.60 Å². The maximum absolute atomic E-state index is 12.5. The summed E-state index contributed by atoms with van der Waals surface area (Å²) in [4.78, 5) is 35.5. The van der Waals surface area contributed by atoms with Gasteiger partial charge in [-0.3, -0.25) is 9.79 Å². The predicted molar refractivity (Wildman–Crippen MR) is 134 cm³/mol. The number of piperazine rings is 1. The average molecular weight is 561 g/mol. The Morgan fingerprint density at radius 1 is 1.22 bits per heavy atom. The van der Waals surface area contributed by atoms with E-state index in [-0.39, 0.29) is 42.0 Å². The number of nitrogens with one attached hydrogen (secondary N) is 1. The predicted octanol–water partition coefficient (Wildman–Crippen LogP) is 3.02. The van der Waals surface area contributed by atoms with Gasteiger partial charge in [-0.15, -0.1) is 24.0 Å². The lowest BCUT2D eigenvalue weighted by atomic mass is 10.2. The molecule has 1 N–H and O–H groups in total. The Morgan fingerprint density at radius 3 is 2.41 bits per heavy atom. The number of guanidine groups is 1. The van der Waals surface area contributed by atoms with Crippen molar-refractivity contribution < 1.29 is 18.7 Å². The first kappa shape index (κ1) is 26.3. The fourth-order valence-electron chi connectivity index (χ4n) is 3.50. The zero-order valence-electron chi connectivity index (χ0n) is 19.5. The molecule has 10 heteroatoms. The molecule has 180 valence electrons. The van der Waals surface area contributed by atoms with Gasteiger partial charge in [-0.1, -0.05) is 0 Å². The molecular formula is C22H36IN5O4. The number of furan rings is 1. The highest BCUT2D eigenvalue weighted by Crippen LogP contribution is 2.28. The van der Waals surface area contributed by atoms with Crippen molar-refractivity contribution in [2.75, 3.05) is 45.8 Å². The van der Waals surface area contributed by atoms with Crippen LogP contribution in [0, 0.1) is 0 Å². The molecule has 2 heterocycles. The molecule has 1 aliphatic carbocycles. The number of carbonyl (C=O) groups is 2. The summed E-state index contributed by atoms with van der Waals surface area (Å²) in [5, 5.41) is 3.33. The van der Waals surface area contributed by atoms with Crippen molar-refractivity contribution in [1.82, 2.24) is 20.0 Å². The van der Waals surface area contributed by atoms with Crippen LogP contribution in [-0.2, 0) is 4.74 Å². The lowest BCUT2D eigenvalue weighted by molar-refractivity contribution is 0.0240. The lowest BCUT2D eigenvalue weighted by Crippen LogP contribution is -2.54. The minimum Gasteiger partial charge on any atom is -0.459 e. The van der Waals surface area contributed by atoms with Gasteiger partial charge in [0.2, 0.25) is 0 Å². The second-order valence-corrected chi connectivity index (χ2v) is 8.90. The van der Waals surface area contributed by atoms with Crippen LogP contribution in [0.4, 0.5) is 4.79 Å². The number of nitrogens with zero attached hydrogens (tertiary/aromatic N) is 4. The highest BCUT2D eigenvalue weighted by atomic mass is 127. The van der Waals surface area contributed by atoms with Crippen LogP contribution < -0.4 is 5.32 Å². The Labute approximate surface area is 207 Å². The van der Waals surface area contributed by atoms with Crippen molar-refractivity contribution in [3.8, 4) is 0 Å². The summed E-state index contributed by atoms with van der Waals surface area (Å²) >= 11 is 0. The third-order valence-corrected chi connectivity index (χ3v) is 5.15. The van der Waals surface area contributed by atoms with Crippen molar-refractivity contribution in [1.29, 1.82) is 0 Å². The minimum atomic E-state index is -0.505. The molecule has 1 aromatic rings. The Bertz CT molecular complexity index is 766. The molecule has 0 atom stereocenters. The largest absolute Gasteiger partial charge is 0.459 e. The van der Waals surface area contributed by atoms with E-state index in [0.717, 1.165) is 25.3 Å². The summed E-state index contributed by atoms with van der Waals surface area (Å²) in [6.07, 6.45) is 3.30. The highest BCUT2D eigenvalue weighted by molar-refractivity contribution is 14.0. The van der Waals surface area contributed by atoms with Gasteiger partial charge >= 0.3 is 6.09 Å². The first-order chi connectivity index (χ1) is 14.8. The van der Waals surface area contributed by atoms with Crippen LogP contribution in [0.3, 0.4) is 0 Å². The van der Waals surface area contributed by atoms with Gasteiger partial charge in [0.1, 0.15) is 5.60 Å². The molecule has 9 nitrogen and oxygen atoms in total. The first-order valence-electron chi connectivity index (χ1n) is 11.1. The van der Waals surface area contributed by atoms with Crippen LogP contribution in [0.5, 0.6) is 0 Å². The molecule has 32 heavy (non-hydrogen) atoms. The second kappa shape index (κ2) is 11.8. The van der Waals surface area contributed by atoms with Crippen molar-refractivity contribution in [3.63, 3.8) is 0 Å². The highest BCUT2D eigenvalue weighted by Gasteiger charge is 2.35. The van der Waals surface area contributed by atoms with Gasteiger partial charge in [-0.25, -0.2) is 4.79 Å². The molecule has 0 aromatic carbocycles. The average Bonchev–Trinajstić information content (AvgIpc) is 3.40. The fourth-order valence-corrected chi connectivity index (χ4v) is 3.50. The van der Waals surface area contributed by atoms with Crippen molar-refractivity contribution >= 4 is 41.9 Å². The van der Waals surface area contributed by atoms with E-state index in [9.17, 15) is 9.59 Å². The quantitative estimate of drug-likeness (QED) is 0.327. The van der Waals surface area contributed by atoms with E-state index in [4.69, 9.17) is 14.1 Å². The Balaban J connectivity index is 0.00000363. The molecule has 3 rings (SSSR count). The normalized spacial score (nSPS) is 16.9. The summed E-state index contributed by atoms with van der Waals surface area (Å²) in [5.74, 6) is 1.10. The number of aliphatic imine (C=N–C) groups is 1. The molecule has 2 amide bonds. The maximum atomic E-state index is 12.5. The van der Waals surface area contributed by atoms with E-state index in [1.807, 2.05) is 27.7 Å². The first-order valence-corrected chi connectivity index (χ1v) is 11.1. The molecule has 2 aliphatic rings. The number of halogens is 1. The van der Waals surface area contributed by atoms with Gasteiger partial charge in [0.15, 0.2) is 11.7 Å². The third-order valence-electron chi connectivity index (χ3n) is 5.15. The molecule has 0 bridgehead atoms. The molecule has 1 aromatic heterocycles. The Morgan fingerprint density at radius 2 is 1.88 bits per heavy atom. The third kappa shape index (κ3) is 7.56. The van der Waals surface area contributed by atoms with Gasteiger partial charge in [0.05, 0.1) is 12.8 Å². The maximum Gasteiger partial charge on any atom is 0.410 e. The van der Waals surface area contributed by atoms with Crippen LogP contribution in [-0.4, -0.2) is 90.1 Å². The Kier molecular flexibility index (Phi) is 9.65. The summed E-state index contributed by atoms with van der Waals surface area (Å²) in [5.41, 5.74) is -0.505. The Hall–Kier alpha value is -1.98. The summed E-state index contributed by atoms with van der Waals surface area (Å²) in [7, 11) is 0. The number of ether oxygens (including phenoxy) is 1. The SMILES string of the molecule is CCNC(=NCCN(C(=O)OC(C)(C)C)C1CC1)N1CCN(C(=O)c2ccco2)CC1.I. The molecule has 0 spiro atoms. The minimum absolute atomic E-state index is 0. The smallest absolute Gasteiger partial charge is 0.410 e. The van der Waals surface area contributed by atoms with E-state index in [2.05, 4.69) is 10.2 Å². The van der Waals surface area contributed by atoms with E-state index in [1.54, 1.807) is 21.9 Å². The number of amides is 2. The van der Waals surface area contributed by atoms with Gasteiger partial charge in [-0.2, -0.15) is 0 Å². The topological polar surface area (TPSA) is 90.6 Å².